The van der Waals surface area contributed by atoms with Crippen molar-refractivity contribution in [2.24, 2.45) is 7.05 Å². The van der Waals surface area contributed by atoms with E-state index in [4.69, 9.17) is 17.3 Å². The molecular weight excluding hydrogens is 236 g/mol. The second kappa shape index (κ2) is 4.26. The number of ketones is 1. The first kappa shape index (κ1) is 11.7. The van der Waals surface area contributed by atoms with Crippen LogP contribution in [-0.4, -0.2) is 10.4 Å². The van der Waals surface area contributed by atoms with Crippen LogP contribution < -0.4 is 5.73 Å². The number of aromatic nitrogens is 1. The average Bonchev–Trinajstić information content (AvgIpc) is 2.53. The molecule has 0 bridgehead atoms. The minimum absolute atomic E-state index is 0.149. The predicted octanol–water partition coefficient (Wildman–Crippen LogP) is 2.80. The van der Waals surface area contributed by atoms with Crippen molar-refractivity contribution in [3.05, 3.63) is 52.3 Å². The molecule has 2 rings (SSSR count). The highest BCUT2D eigenvalue weighted by molar-refractivity contribution is 6.35. The molecule has 1 aromatic heterocycles. The van der Waals surface area contributed by atoms with Gasteiger partial charge in [0.25, 0.3) is 0 Å². The van der Waals surface area contributed by atoms with Crippen LogP contribution in [0.25, 0.3) is 0 Å². The molecule has 17 heavy (non-hydrogen) atoms. The van der Waals surface area contributed by atoms with Crippen molar-refractivity contribution in [1.82, 2.24) is 4.57 Å². The predicted molar refractivity (Wildman–Crippen MR) is 69.4 cm³/mol. The highest BCUT2D eigenvalue weighted by Gasteiger charge is 2.19. The number of hydrogen-bond acceptors (Lipinski definition) is 2. The lowest BCUT2D eigenvalue weighted by atomic mass is 10.1. The summed E-state index contributed by atoms with van der Waals surface area (Å²) in [6.07, 6.45) is 0. The molecule has 0 atom stereocenters. The van der Waals surface area contributed by atoms with Crippen LogP contribution in [0.3, 0.4) is 0 Å². The zero-order valence-corrected chi connectivity index (χ0v) is 10.5. The number of nitrogen functional groups attached to an aromatic ring is 1. The topological polar surface area (TPSA) is 48.0 Å². The van der Waals surface area contributed by atoms with Crippen molar-refractivity contribution < 1.29 is 4.79 Å². The minimum atomic E-state index is -0.149. The first-order valence-corrected chi connectivity index (χ1v) is 5.61. The molecule has 0 radical (unpaired) electrons. The Hall–Kier alpha value is -1.74. The van der Waals surface area contributed by atoms with Gasteiger partial charge < -0.3 is 10.3 Å². The number of nitrogens with two attached hydrogens (primary N) is 1. The lowest BCUT2D eigenvalue weighted by Gasteiger charge is -2.07. The van der Waals surface area contributed by atoms with E-state index in [1.54, 1.807) is 34.9 Å². The third-order valence-corrected chi connectivity index (χ3v) is 3.17. The van der Waals surface area contributed by atoms with Gasteiger partial charge in [-0.2, -0.15) is 0 Å². The number of carbonyl (C=O) groups is 1. The van der Waals surface area contributed by atoms with Gasteiger partial charge in [0.05, 0.1) is 10.7 Å². The molecule has 0 aliphatic heterocycles. The average molecular weight is 249 g/mol. The Morgan fingerprint density at radius 3 is 2.53 bits per heavy atom. The Balaban J connectivity index is 2.55. The van der Waals surface area contributed by atoms with Gasteiger partial charge in [-0.05, 0) is 25.1 Å². The summed E-state index contributed by atoms with van der Waals surface area (Å²) in [6, 6.07) is 8.75. The van der Waals surface area contributed by atoms with E-state index in [1.807, 2.05) is 14.0 Å². The fourth-order valence-electron chi connectivity index (χ4n) is 1.82. The number of nitrogens with zero attached hydrogens (tertiary/aromatic N) is 1. The molecular formula is C13H13ClN2O. The Bertz CT molecular complexity index is 587. The molecule has 1 aromatic carbocycles. The monoisotopic (exact) mass is 248 g/mol. The van der Waals surface area contributed by atoms with Crippen LogP contribution in [0.5, 0.6) is 0 Å². The first-order chi connectivity index (χ1) is 8.02. The van der Waals surface area contributed by atoms with E-state index in [-0.39, 0.29) is 5.78 Å². The Kier molecular flexibility index (Phi) is 2.94. The van der Waals surface area contributed by atoms with Crippen LogP contribution in [-0.2, 0) is 7.05 Å². The summed E-state index contributed by atoms with van der Waals surface area (Å²) < 4.78 is 1.78. The van der Waals surface area contributed by atoms with E-state index in [1.165, 1.54) is 0 Å². The van der Waals surface area contributed by atoms with E-state index < -0.39 is 0 Å². The molecule has 4 heteroatoms. The van der Waals surface area contributed by atoms with Gasteiger partial charge in [-0.15, -0.1) is 0 Å². The van der Waals surface area contributed by atoms with E-state index in [2.05, 4.69) is 0 Å². The second-order valence-corrected chi connectivity index (χ2v) is 4.36. The molecule has 88 valence electrons. The van der Waals surface area contributed by atoms with Gasteiger partial charge in [-0.25, -0.2) is 0 Å². The number of carbonyl (C=O) groups excluding carboxylic acids is 1. The summed E-state index contributed by atoms with van der Waals surface area (Å²) in [5.74, 6) is -0.149. The molecule has 0 spiro atoms. The second-order valence-electron chi connectivity index (χ2n) is 3.96. The summed E-state index contributed by atoms with van der Waals surface area (Å²) in [7, 11) is 1.82. The molecule has 0 aliphatic carbocycles. The van der Waals surface area contributed by atoms with Crippen LogP contribution >= 0.6 is 11.6 Å². The number of rotatable bonds is 2. The summed E-state index contributed by atoms with van der Waals surface area (Å²) in [6.45, 7) is 1.90. The SMILES string of the molecule is Cc1cc(N)c(C(=O)c2ccccc2Cl)n1C. The highest BCUT2D eigenvalue weighted by Crippen LogP contribution is 2.24. The molecule has 0 saturated carbocycles. The van der Waals surface area contributed by atoms with Crippen molar-refractivity contribution in [2.75, 3.05) is 5.73 Å². The lowest BCUT2D eigenvalue weighted by Crippen LogP contribution is -2.10. The largest absolute Gasteiger partial charge is 0.397 e. The van der Waals surface area contributed by atoms with Crippen LogP contribution in [0, 0.1) is 6.92 Å². The van der Waals surface area contributed by atoms with Gasteiger partial charge in [0.1, 0.15) is 5.69 Å². The number of aryl methyl sites for hydroxylation is 1. The maximum atomic E-state index is 12.3. The molecule has 0 amide bonds. The third kappa shape index (κ3) is 1.94. The molecule has 1 heterocycles. The minimum Gasteiger partial charge on any atom is -0.397 e. The normalized spacial score (nSPS) is 10.5. The van der Waals surface area contributed by atoms with Crippen molar-refractivity contribution in [2.45, 2.75) is 6.92 Å². The molecule has 2 aromatic rings. The number of anilines is 1. The van der Waals surface area contributed by atoms with E-state index >= 15 is 0 Å². The number of hydrogen-bond donors (Lipinski definition) is 1. The van der Waals surface area contributed by atoms with Gasteiger partial charge in [0.2, 0.25) is 5.78 Å². The number of benzene rings is 1. The Labute approximate surface area is 105 Å². The Morgan fingerprint density at radius 2 is 2.00 bits per heavy atom. The first-order valence-electron chi connectivity index (χ1n) is 5.23. The van der Waals surface area contributed by atoms with Crippen molar-refractivity contribution in [3.8, 4) is 0 Å². The summed E-state index contributed by atoms with van der Waals surface area (Å²) in [4.78, 5) is 12.3. The number of halogens is 1. The summed E-state index contributed by atoms with van der Waals surface area (Å²) in [5, 5.41) is 0.441. The quantitative estimate of drug-likeness (QED) is 0.831. The lowest BCUT2D eigenvalue weighted by molar-refractivity contribution is 0.103. The van der Waals surface area contributed by atoms with Gasteiger partial charge in [0.15, 0.2) is 0 Å². The maximum Gasteiger partial charge on any atom is 0.212 e. The van der Waals surface area contributed by atoms with Crippen molar-refractivity contribution in [3.63, 3.8) is 0 Å². The van der Waals surface area contributed by atoms with Crippen molar-refractivity contribution in [1.29, 1.82) is 0 Å². The molecule has 0 aliphatic rings. The fourth-order valence-corrected chi connectivity index (χ4v) is 2.04. The molecule has 2 N–H and O–H groups in total. The molecule has 0 unspecified atom stereocenters. The van der Waals surface area contributed by atoms with E-state index in [0.717, 1.165) is 5.69 Å². The van der Waals surface area contributed by atoms with Crippen LogP contribution in [0.15, 0.2) is 30.3 Å². The smallest absolute Gasteiger partial charge is 0.212 e. The van der Waals surface area contributed by atoms with Crippen LogP contribution in [0.2, 0.25) is 5.02 Å². The van der Waals surface area contributed by atoms with Gasteiger partial charge in [-0.1, -0.05) is 23.7 Å². The van der Waals surface area contributed by atoms with E-state index in [0.29, 0.717) is 22.0 Å². The molecule has 3 nitrogen and oxygen atoms in total. The zero-order chi connectivity index (χ0) is 12.6. The summed E-state index contributed by atoms with van der Waals surface area (Å²) >= 11 is 6.01. The van der Waals surface area contributed by atoms with Gasteiger partial charge in [-0.3, -0.25) is 4.79 Å². The zero-order valence-electron chi connectivity index (χ0n) is 9.70. The van der Waals surface area contributed by atoms with Crippen LogP contribution in [0.1, 0.15) is 21.7 Å². The maximum absolute atomic E-state index is 12.3. The third-order valence-electron chi connectivity index (χ3n) is 2.84. The standard InChI is InChI=1S/C13H13ClN2O/c1-8-7-11(15)12(16(8)2)13(17)9-5-3-4-6-10(9)14/h3-7H,15H2,1-2H3. The summed E-state index contributed by atoms with van der Waals surface area (Å²) in [5.41, 5.74) is 8.23. The van der Waals surface area contributed by atoms with Gasteiger partial charge in [0, 0.05) is 18.3 Å². The molecule has 0 fully saturated rings. The van der Waals surface area contributed by atoms with Gasteiger partial charge >= 0.3 is 0 Å². The highest BCUT2D eigenvalue weighted by atomic mass is 35.5. The Morgan fingerprint density at radius 1 is 1.35 bits per heavy atom. The molecule has 0 saturated heterocycles. The van der Waals surface area contributed by atoms with Crippen molar-refractivity contribution >= 4 is 23.1 Å². The van der Waals surface area contributed by atoms with E-state index in [9.17, 15) is 4.79 Å². The van der Waals surface area contributed by atoms with Crippen LogP contribution in [0.4, 0.5) is 5.69 Å². The fraction of sp³-hybridized carbons (Fsp3) is 0.154.